The number of anilines is 1. The van der Waals surface area contributed by atoms with Gasteiger partial charge in [-0.05, 0) is 55.7 Å². The Balaban J connectivity index is 1.64. The first-order chi connectivity index (χ1) is 14.7. The van der Waals surface area contributed by atoms with Crippen molar-refractivity contribution in [2.24, 2.45) is 0 Å². The molecule has 5 nitrogen and oxygen atoms in total. The van der Waals surface area contributed by atoms with Gasteiger partial charge in [0.05, 0.1) is 11.0 Å². The summed E-state index contributed by atoms with van der Waals surface area (Å²) in [6.07, 6.45) is 4.06. The molecule has 5 heteroatoms. The number of fused-ring (bicyclic) bond motifs is 4. The summed E-state index contributed by atoms with van der Waals surface area (Å²) in [5, 5.41) is 16.2. The summed E-state index contributed by atoms with van der Waals surface area (Å²) in [6.45, 7) is 3.17. The number of pyridine rings is 1. The number of aryl methyl sites for hydroxylation is 1. The van der Waals surface area contributed by atoms with E-state index in [9.17, 15) is 4.79 Å². The fourth-order valence-corrected chi connectivity index (χ4v) is 4.44. The summed E-state index contributed by atoms with van der Waals surface area (Å²) < 4.78 is 1.75. The van der Waals surface area contributed by atoms with Gasteiger partial charge >= 0.3 is 0 Å². The van der Waals surface area contributed by atoms with E-state index >= 15 is 0 Å². The number of aliphatic hydroxyl groups is 1. The zero-order chi connectivity index (χ0) is 20.7. The molecule has 0 amide bonds. The fourth-order valence-electron chi connectivity index (χ4n) is 4.44. The Morgan fingerprint density at radius 3 is 2.67 bits per heavy atom. The zero-order valence-electron chi connectivity index (χ0n) is 17.1. The minimum Gasteiger partial charge on any atom is -0.396 e. The van der Waals surface area contributed by atoms with Gasteiger partial charge in [-0.3, -0.25) is 9.20 Å². The van der Waals surface area contributed by atoms with Crippen LogP contribution in [0.1, 0.15) is 31.2 Å². The quantitative estimate of drug-likeness (QED) is 0.383. The minimum absolute atomic E-state index is 0.0180. The normalized spacial score (nSPS) is 11.9. The maximum atomic E-state index is 13.4. The number of benzene rings is 3. The van der Waals surface area contributed by atoms with Crippen molar-refractivity contribution in [2.45, 2.75) is 32.6 Å². The summed E-state index contributed by atoms with van der Waals surface area (Å²) in [5.74, 6) is 0. The molecule has 5 aromatic rings. The largest absolute Gasteiger partial charge is 0.396 e. The van der Waals surface area contributed by atoms with E-state index in [2.05, 4.69) is 23.5 Å². The molecule has 5 rings (SSSR count). The molecular weight excluding hydrogens is 374 g/mol. The number of unbranched alkanes of at least 4 members (excludes halogenated alkanes) is 3. The molecule has 0 aliphatic rings. The van der Waals surface area contributed by atoms with Crippen LogP contribution in [0.3, 0.4) is 0 Å². The molecule has 3 aromatic carbocycles. The molecule has 2 N–H and O–H groups in total. The number of aromatic nitrogens is 2. The Morgan fingerprint density at radius 2 is 1.80 bits per heavy atom. The van der Waals surface area contributed by atoms with Crippen molar-refractivity contribution in [3.05, 3.63) is 64.4 Å². The van der Waals surface area contributed by atoms with E-state index in [0.29, 0.717) is 0 Å². The van der Waals surface area contributed by atoms with Gasteiger partial charge in [0.1, 0.15) is 5.65 Å². The van der Waals surface area contributed by atoms with Crippen LogP contribution >= 0.6 is 0 Å². The highest BCUT2D eigenvalue weighted by Crippen LogP contribution is 2.34. The Kier molecular flexibility index (Phi) is 4.75. The molecule has 2 aromatic heterocycles. The fraction of sp³-hybridized carbons (Fsp3) is 0.280. The van der Waals surface area contributed by atoms with Gasteiger partial charge in [0, 0.05) is 40.4 Å². The minimum atomic E-state index is -0.0180. The second-order valence-electron chi connectivity index (χ2n) is 8.02. The van der Waals surface area contributed by atoms with Crippen LogP contribution < -0.4 is 10.9 Å². The molecule has 0 radical (unpaired) electrons. The number of hydrogen-bond donors (Lipinski definition) is 2. The van der Waals surface area contributed by atoms with Gasteiger partial charge in [-0.15, -0.1) is 0 Å². The van der Waals surface area contributed by atoms with E-state index in [1.807, 2.05) is 37.3 Å². The van der Waals surface area contributed by atoms with Gasteiger partial charge in [-0.25, -0.2) is 4.98 Å². The van der Waals surface area contributed by atoms with Crippen LogP contribution in [-0.4, -0.2) is 27.6 Å². The second kappa shape index (κ2) is 7.58. The van der Waals surface area contributed by atoms with Crippen molar-refractivity contribution in [2.75, 3.05) is 18.5 Å². The standard InChI is InChI=1S/C25H25N3O2/c1-16-9-12-22-21(15-16)27-24-18-10-11-20(26-13-4-2-3-5-14-29)17-7-6-8-19(23(17)18)25(30)28(22)24/h6-12,15,26,29H,2-5,13-14H2,1H3. The van der Waals surface area contributed by atoms with E-state index in [1.54, 1.807) is 4.40 Å². The van der Waals surface area contributed by atoms with Gasteiger partial charge in [0.2, 0.25) is 0 Å². The average Bonchev–Trinajstić information content (AvgIpc) is 3.13. The first kappa shape index (κ1) is 18.8. The van der Waals surface area contributed by atoms with Crippen LogP contribution in [0, 0.1) is 6.92 Å². The number of hydrogen-bond acceptors (Lipinski definition) is 4. The van der Waals surface area contributed by atoms with Crippen molar-refractivity contribution in [1.82, 2.24) is 9.38 Å². The van der Waals surface area contributed by atoms with Gasteiger partial charge in [0.25, 0.3) is 5.56 Å². The van der Waals surface area contributed by atoms with E-state index < -0.39 is 0 Å². The highest BCUT2D eigenvalue weighted by Gasteiger charge is 2.17. The Labute approximate surface area is 174 Å². The number of rotatable bonds is 7. The predicted molar refractivity (Wildman–Crippen MR) is 124 cm³/mol. The maximum Gasteiger partial charge on any atom is 0.264 e. The van der Waals surface area contributed by atoms with Gasteiger partial charge in [0.15, 0.2) is 0 Å². The summed E-state index contributed by atoms with van der Waals surface area (Å²) in [6, 6.07) is 16.2. The van der Waals surface area contributed by atoms with Crippen molar-refractivity contribution in [3.63, 3.8) is 0 Å². The first-order valence-corrected chi connectivity index (χ1v) is 10.6. The van der Waals surface area contributed by atoms with Gasteiger partial charge in [-0.1, -0.05) is 31.0 Å². The topological polar surface area (TPSA) is 66.6 Å². The lowest BCUT2D eigenvalue weighted by Gasteiger charge is -2.13. The first-order valence-electron chi connectivity index (χ1n) is 10.6. The summed E-state index contributed by atoms with van der Waals surface area (Å²) in [5.41, 5.74) is 4.59. The lowest BCUT2D eigenvalue weighted by molar-refractivity contribution is 0.283. The van der Waals surface area contributed by atoms with Crippen LogP contribution in [0.25, 0.3) is 38.2 Å². The van der Waals surface area contributed by atoms with Crippen LogP contribution in [-0.2, 0) is 0 Å². The van der Waals surface area contributed by atoms with Crippen LogP contribution in [0.5, 0.6) is 0 Å². The second-order valence-corrected chi connectivity index (χ2v) is 8.02. The lowest BCUT2D eigenvalue weighted by atomic mass is 10.0. The Bertz CT molecular complexity index is 1420. The summed E-state index contributed by atoms with van der Waals surface area (Å²) in [4.78, 5) is 18.2. The molecule has 0 atom stereocenters. The van der Waals surface area contributed by atoms with E-state index in [1.165, 1.54) is 0 Å². The molecule has 0 spiro atoms. The number of imidazole rings is 1. The van der Waals surface area contributed by atoms with Crippen LogP contribution in [0.4, 0.5) is 5.69 Å². The van der Waals surface area contributed by atoms with E-state index in [4.69, 9.17) is 10.1 Å². The third-order valence-corrected chi connectivity index (χ3v) is 5.93. The molecule has 0 fully saturated rings. The lowest BCUT2D eigenvalue weighted by Crippen LogP contribution is -2.13. The van der Waals surface area contributed by atoms with Crippen LogP contribution in [0.15, 0.2) is 53.3 Å². The summed E-state index contributed by atoms with van der Waals surface area (Å²) >= 11 is 0. The van der Waals surface area contributed by atoms with E-state index in [-0.39, 0.29) is 12.2 Å². The summed E-state index contributed by atoms with van der Waals surface area (Å²) in [7, 11) is 0. The molecule has 0 saturated carbocycles. The zero-order valence-corrected chi connectivity index (χ0v) is 17.1. The molecule has 0 bridgehead atoms. The van der Waals surface area contributed by atoms with Crippen LogP contribution in [0.2, 0.25) is 0 Å². The van der Waals surface area contributed by atoms with Crippen molar-refractivity contribution >= 4 is 43.9 Å². The average molecular weight is 399 g/mol. The van der Waals surface area contributed by atoms with Gasteiger partial charge < -0.3 is 10.4 Å². The SMILES string of the molecule is Cc1ccc2c(c1)nc1c3ccc(NCCCCCCO)c4cccc(c(=O)n21)c43. The molecule has 0 unspecified atom stereocenters. The molecular formula is C25H25N3O2. The van der Waals surface area contributed by atoms with Gasteiger partial charge in [-0.2, -0.15) is 0 Å². The third kappa shape index (κ3) is 2.97. The Morgan fingerprint density at radius 1 is 0.967 bits per heavy atom. The predicted octanol–water partition coefficient (Wildman–Crippen LogP) is 4.86. The number of aliphatic hydroxyl groups excluding tert-OH is 1. The number of nitrogens with one attached hydrogen (secondary N) is 1. The molecule has 0 saturated heterocycles. The third-order valence-electron chi connectivity index (χ3n) is 5.93. The smallest absolute Gasteiger partial charge is 0.264 e. The molecule has 0 aliphatic carbocycles. The molecule has 2 heterocycles. The van der Waals surface area contributed by atoms with Crippen molar-refractivity contribution in [1.29, 1.82) is 0 Å². The highest BCUT2D eigenvalue weighted by molar-refractivity contribution is 6.18. The molecule has 0 aliphatic heterocycles. The Hall–Kier alpha value is -3.18. The highest BCUT2D eigenvalue weighted by atomic mass is 16.2. The van der Waals surface area contributed by atoms with E-state index in [0.717, 1.165) is 81.7 Å². The van der Waals surface area contributed by atoms with Crippen molar-refractivity contribution < 1.29 is 5.11 Å². The van der Waals surface area contributed by atoms with Crippen molar-refractivity contribution in [3.8, 4) is 0 Å². The molecule has 30 heavy (non-hydrogen) atoms. The number of nitrogens with zero attached hydrogens (tertiary/aromatic N) is 2. The molecule has 152 valence electrons. The monoisotopic (exact) mass is 399 g/mol. The maximum absolute atomic E-state index is 13.4.